The Morgan fingerprint density at radius 2 is 1.93 bits per heavy atom. The van der Waals surface area contributed by atoms with Crippen molar-refractivity contribution in [1.29, 1.82) is 5.26 Å². The van der Waals surface area contributed by atoms with E-state index in [1.165, 1.54) is 5.56 Å². The number of hydrogen-bond donors (Lipinski definition) is 0. The Morgan fingerprint density at radius 1 is 1.17 bits per heavy atom. The zero-order valence-electron chi connectivity index (χ0n) is 16.4. The van der Waals surface area contributed by atoms with Gasteiger partial charge in [-0.05, 0) is 25.3 Å². The Hall–Kier alpha value is -2.98. The van der Waals surface area contributed by atoms with Crippen molar-refractivity contribution in [2.75, 3.05) is 18.0 Å². The topological polar surface area (TPSA) is 82.4 Å². The van der Waals surface area contributed by atoms with Crippen molar-refractivity contribution in [1.82, 2.24) is 14.9 Å². The second-order valence-corrected chi connectivity index (χ2v) is 8.07. The van der Waals surface area contributed by atoms with Gasteiger partial charge >= 0.3 is 0 Å². The van der Waals surface area contributed by atoms with Crippen molar-refractivity contribution in [2.24, 2.45) is 0 Å². The summed E-state index contributed by atoms with van der Waals surface area (Å²) < 4.78 is 6.40. The summed E-state index contributed by atoms with van der Waals surface area (Å²) in [5, 5.41) is 9.13. The van der Waals surface area contributed by atoms with Gasteiger partial charge in [-0.15, -0.1) is 0 Å². The predicted octanol–water partition coefficient (Wildman–Crippen LogP) is 2.72. The number of rotatable bonds is 2. The van der Waals surface area contributed by atoms with E-state index in [2.05, 4.69) is 27.0 Å². The molecule has 148 valence electrons. The van der Waals surface area contributed by atoms with E-state index in [4.69, 9.17) is 10.00 Å². The highest BCUT2D eigenvalue weighted by molar-refractivity contribution is 5.88. The second kappa shape index (κ2) is 6.82. The number of ether oxygens (including phenoxy) is 1. The van der Waals surface area contributed by atoms with E-state index in [0.717, 1.165) is 24.4 Å². The number of aryl methyl sites for hydroxylation is 1. The lowest BCUT2D eigenvalue weighted by Crippen LogP contribution is -2.50. The van der Waals surface area contributed by atoms with Crippen LogP contribution in [-0.2, 0) is 9.53 Å². The van der Waals surface area contributed by atoms with Crippen molar-refractivity contribution in [3.05, 3.63) is 53.5 Å². The highest BCUT2D eigenvalue weighted by atomic mass is 16.6. The fourth-order valence-corrected chi connectivity index (χ4v) is 4.91. The molecule has 5 rings (SSSR count). The zero-order chi connectivity index (χ0) is 20.0. The van der Waals surface area contributed by atoms with Gasteiger partial charge in [-0.3, -0.25) is 4.79 Å². The standard InChI is InChI=1S/C22H23N5O2/c1-15-13-19(25-18(14-23)24-15)26-11-9-22(10-12-26)21(28)27-17(7-8-20(27)29-22)16-5-3-2-4-6-16/h2-6,13,17,20H,7-12H2,1H3/t17-,20+/m0/s1. The minimum Gasteiger partial charge on any atom is -0.356 e. The third-order valence-electron chi connectivity index (χ3n) is 6.34. The Labute approximate surface area is 169 Å². The van der Waals surface area contributed by atoms with Gasteiger partial charge in [0.25, 0.3) is 5.91 Å². The summed E-state index contributed by atoms with van der Waals surface area (Å²) in [4.78, 5) is 26.0. The first kappa shape index (κ1) is 18.1. The number of amides is 1. The minimum atomic E-state index is -0.727. The number of benzene rings is 1. The lowest BCUT2D eigenvalue weighted by Gasteiger charge is -2.38. The molecule has 7 heteroatoms. The lowest BCUT2D eigenvalue weighted by molar-refractivity contribution is -0.140. The molecule has 7 nitrogen and oxygen atoms in total. The molecule has 0 saturated carbocycles. The number of nitrogens with zero attached hydrogens (tertiary/aromatic N) is 5. The maximum absolute atomic E-state index is 13.5. The molecule has 1 aromatic heterocycles. The normalized spacial score (nSPS) is 25.3. The molecule has 0 aliphatic carbocycles. The van der Waals surface area contributed by atoms with Crippen LogP contribution in [0, 0.1) is 18.3 Å². The molecular formula is C22H23N5O2. The second-order valence-electron chi connectivity index (χ2n) is 8.07. The van der Waals surface area contributed by atoms with Crippen LogP contribution in [-0.4, -0.2) is 45.7 Å². The molecule has 3 fully saturated rings. The van der Waals surface area contributed by atoms with Gasteiger partial charge in [0.2, 0.25) is 5.82 Å². The molecule has 29 heavy (non-hydrogen) atoms. The first-order chi connectivity index (χ1) is 14.1. The molecule has 1 aromatic carbocycles. The van der Waals surface area contributed by atoms with Crippen LogP contribution in [0.4, 0.5) is 5.82 Å². The SMILES string of the molecule is Cc1cc(N2CCC3(CC2)O[C@@H]2CC[C@@H](c4ccccc4)N2C3=O)nc(C#N)n1. The summed E-state index contributed by atoms with van der Waals surface area (Å²) in [6, 6.07) is 14.3. The average molecular weight is 389 g/mol. The van der Waals surface area contributed by atoms with Gasteiger partial charge in [0.05, 0.1) is 6.04 Å². The van der Waals surface area contributed by atoms with E-state index in [0.29, 0.717) is 25.9 Å². The van der Waals surface area contributed by atoms with Gasteiger partial charge in [0.15, 0.2) is 5.60 Å². The van der Waals surface area contributed by atoms with Crippen LogP contribution in [0.25, 0.3) is 0 Å². The molecule has 0 radical (unpaired) electrons. The number of aromatic nitrogens is 2. The fraction of sp³-hybridized carbons (Fsp3) is 0.455. The first-order valence-electron chi connectivity index (χ1n) is 10.2. The van der Waals surface area contributed by atoms with Gasteiger partial charge in [-0.25, -0.2) is 9.97 Å². The van der Waals surface area contributed by atoms with E-state index in [-0.39, 0.29) is 24.0 Å². The van der Waals surface area contributed by atoms with Crippen molar-refractivity contribution in [3.8, 4) is 6.07 Å². The van der Waals surface area contributed by atoms with Crippen LogP contribution < -0.4 is 4.90 Å². The Bertz CT molecular complexity index is 978. The lowest BCUT2D eigenvalue weighted by atomic mass is 9.89. The number of nitriles is 1. The molecule has 3 aliphatic heterocycles. The van der Waals surface area contributed by atoms with E-state index in [1.54, 1.807) is 0 Å². The smallest absolute Gasteiger partial charge is 0.257 e. The molecule has 0 N–H and O–H groups in total. The van der Waals surface area contributed by atoms with Crippen molar-refractivity contribution < 1.29 is 9.53 Å². The Morgan fingerprint density at radius 3 is 2.66 bits per heavy atom. The average Bonchev–Trinajstić information content (AvgIpc) is 3.27. The minimum absolute atomic E-state index is 0.105. The number of carbonyl (C=O) groups is 1. The molecule has 3 aliphatic rings. The summed E-state index contributed by atoms with van der Waals surface area (Å²) in [6.45, 7) is 3.20. The molecule has 1 spiro atoms. The van der Waals surface area contributed by atoms with E-state index in [9.17, 15) is 4.79 Å². The van der Waals surface area contributed by atoms with Crippen molar-refractivity contribution in [2.45, 2.75) is 50.5 Å². The first-order valence-corrected chi connectivity index (χ1v) is 10.2. The van der Waals surface area contributed by atoms with Crippen molar-refractivity contribution in [3.63, 3.8) is 0 Å². The van der Waals surface area contributed by atoms with Gasteiger partial charge in [0.1, 0.15) is 18.1 Å². The molecule has 4 heterocycles. The largest absolute Gasteiger partial charge is 0.356 e. The van der Waals surface area contributed by atoms with Crippen LogP contribution in [0.3, 0.4) is 0 Å². The van der Waals surface area contributed by atoms with E-state index < -0.39 is 5.60 Å². The van der Waals surface area contributed by atoms with Crippen molar-refractivity contribution >= 4 is 11.7 Å². The zero-order valence-corrected chi connectivity index (χ0v) is 16.4. The van der Waals surface area contributed by atoms with Crippen LogP contribution in [0.15, 0.2) is 36.4 Å². The molecule has 0 bridgehead atoms. The molecule has 2 atom stereocenters. The summed E-state index contributed by atoms with van der Waals surface area (Å²) in [6.07, 6.45) is 2.97. The third kappa shape index (κ3) is 2.95. The van der Waals surface area contributed by atoms with Crippen LogP contribution in [0.5, 0.6) is 0 Å². The highest BCUT2D eigenvalue weighted by Crippen LogP contribution is 2.47. The fourth-order valence-electron chi connectivity index (χ4n) is 4.91. The molecule has 0 unspecified atom stereocenters. The Kier molecular flexibility index (Phi) is 4.25. The molecular weight excluding hydrogens is 366 g/mol. The monoisotopic (exact) mass is 389 g/mol. The predicted molar refractivity (Wildman–Crippen MR) is 106 cm³/mol. The van der Waals surface area contributed by atoms with Crippen LogP contribution in [0.1, 0.15) is 48.8 Å². The maximum Gasteiger partial charge on any atom is 0.257 e. The summed E-state index contributed by atoms with van der Waals surface area (Å²) in [7, 11) is 0. The number of hydrogen-bond acceptors (Lipinski definition) is 6. The van der Waals surface area contributed by atoms with E-state index >= 15 is 0 Å². The number of fused-ring (bicyclic) bond motifs is 1. The van der Waals surface area contributed by atoms with Gasteiger partial charge in [0, 0.05) is 37.7 Å². The van der Waals surface area contributed by atoms with Gasteiger partial charge < -0.3 is 14.5 Å². The van der Waals surface area contributed by atoms with E-state index in [1.807, 2.05) is 42.2 Å². The van der Waals surface area contributed by atoms with Gasteiger partial charge in [-0.1, -0.05) is 30.3 Å². The maximum atomic E-state index is 13.5. The molecule has 1 amide bonds. The number of anilines is 1. The molecule has 3 saturated heterocycles. The quantitative estimate of drug-likeness (QED) is 0.785. The van der Waals surface area contributed by atoms with Crippen LogP contribution >= 0.6 is 0 Å². The Balaban J connectivity index is 1.34. The van der Waals surface area contributed by atoms with Gasteiger partial charge in [-0.2, -0.15) is 5.26 Å². The molecule has 2 aromatic rings. The summed E-state index contributed by atoms with van der Waals surface area (Å²) in [5.41, 5.74) is 1.22. The summed E-state index contributed by atoms with van der Waals surface area (Å²) in [5.74, 6) is 1.06. The number of piperidine rings is 1. The summed E-state index contributed by atoms with van der Waals surface area (Å²) >= 11 is 0. The highest BCUT2D eigenvalue weighted by Gasteiger charge is 2.57. The van der Waals surface area contributed by atoms with Crippen LogP contribution in [0.2, 0.25) is 0 Å². The third-order valence-corrected chi connectivity index (χ3v) is 6.34. The number of carbonyl (C=O) groups excluding carboxylic acids is 1.